The predicted molar refractivity (Wildman–Crippen MR) is 107 cm³/mol. The summed E-state index contributed by atoms with van der Waals surface area (Å²) in [6, 6.07) is 7.52. The van der Waals surface area contributed by atoms with Gasteiger partial charge in [-0.05, 0) is 18.9 Å². The molecule has 0 aliphatic heterocycles. The van der Waals surface area contributed by atoms with Gasteiger partial charge >= 0.3 is 0 Å². The summed E-state index contributed by atoms with van der Waals surface area (Å²) in [4.78, 5) is 0. The SMILES string of the molecule is CCCCCCCCCCCCCCC/C=C/c1ccccc1O. The summed E-state index contributed by atoms with van der Waals surface area (Å²) in [5.74, 6) is 0.374. The van der Waals surface area contributed by atoms with Gasteiger partial charge < -0.3 is 5.11 Å². The first-order valence-electron chi connectivity index (χ1n) is 10.3. The molecule has 0 fully saturated rings. The van der Waals surface area contributed by atoms with E-state index >= 15 is 0 Å². The Balaban J connectivity index is 1.83. The molecule has 0 saturated heterocycles. The molecule has 0 bridgehead atoms. The molecule has 1 aromatic rings. The molecule has 0 atom stereocenters. The number of phenolic OH excluding ortho intramolecular Hbond substituents is 1. The van der Waals surface area contributed by atoms with Crippen molar-refractivity contribution in [1.82, 2.24) is 0 Å². The Kier molecular flexibility index (Phi) is 13.3. The summed E-state index contributed by atoms with van der Waals surface area (Å²) in [6.07, 6.45) is 23.6. The predicted octanol–water partition coefficient (Wildman–Crippen LogP) is 7.89. The highest BCUT2D eigenvalue weighted by Crippen LogP contribution is 2.18. The van der Waals surface area contributed by atoms with Gasteiger partial charge in [0.2, 0.25) is 0 Å². The van der Waals surface area contributed by atoms with Crippen LogP contribution in [0.1, 0.15) is 102 Å². The average molecular weight is 331 g/mol. The first-order chi connectivity index (χ1) is 11.8. The van der Waals surface area contributed by atoms with E-state index in [0.717, 1.165) is 12.0 Å². The molecule has 0 aromatic heterocycles. The van der Waals surface area contributed by atoms with E-state index in [1.807, 2.05) is 24.3 Å². The molecule has 0 spiro atoms. The highest BCUT2D eigenvalue weighted by molar-refractivity contribution is 5.56. The zero-order chi connectivity index (χ0) is 17.3. The number of hydrogen-bond donors (Lipinski definition) is 1. The second-order valence-corrected chi connectivity index (χ2v) is 6.99. The molecule has 0 aliphatic rings. The van der Waals surface area contributed by atoms with Crippen LogP contribution in [-0.2, 0) is 0 Å². The molecule has 0 aliphatic carbocycles. The van der Waals surface area contributed by atoms with Crippen LogP contribution in [0.4, 0.5) is 0 Å². The second-order valence-electron chi connectivity index (χ2n) is 6.99. The Bertz CT molecular complexity index is 422. The summed E-state index contributed by atoms with van der Waals surface area (Å²) >= 11 is 0. The van der Waals surface area contributed by atoms with Gasteiger partial charge in [0.15, 0.2) is 0 Å². The number of phenols is 1. The third kappa shape index (κ3) is 11.3. The van der Waals surface area contributed by atoms with Crippen molar-refractivity contribution in [1.29, 1.82) is 0 Å². The number of benzene rings is 1. The van der Waals surface area contributed by atoms with Crippen molar-refractivity contribution in [2.45, 2.75) is 96.8 Å². The molecular formula is C23H38O. The molecule has 0 amide bonds. The Hall–Kier alpha value is -1.24. The van der Waals surface area contributed by atoms with Crippen molar-refractivity contribution in [2.75, 3.05) is 0 Å². The lowest BCUT2D eigenvalue weighted by molar-refractivity contribution is 0.474. The van der Waals surface area contributed by atoms with Gasteiger partial charge in [0.25, 0.3) is 0 Å². The molecule has 0 unspecified atom stereocenters. The zero-order valence-electron chi connectivity index (χ0n) is 15.8. The first-order valence-corrected chi connectivity index (χ1v) is 10.3. The van der Waals surface area contributed by atoms with Crippen molar-refractivity contribution >= 4 is 6.08 Å². The molecule has 1 heteroatoms. The van der Waals surface area contributed by atoms with Crippen LogP contribution in [0.3, 0.4) is 0 Å². The van der Waals surface area contributed by atoms with E-state index in [9.17, 15) is 5.11 Å². The number of para-hydroxylation sites is 1. The van der Waals surface area contributed by atoms with E-state index in [1.54, 1.807) is 6.07 Å². The van der Waals surface area contributed by atoms with Gasteiger partial charge in [-0.1, -0.05) is 114 Å². The number of rotatable bonds is 15. The average Bonchev–Trinajstić information content (AvgIpc) is 2.60. The summed E-state index contributed by atoms with van der Waals surface area (Å²) in [7, 11) is 0. The topological polar surface area (TPSA) is 20.2 Å². The summed E-state index contributed by atoms with van der Waals surface area (Å²) in [5.41, 5.74) is 0.923. The van der Waals surface area contributed by atoms with Crippen LogP contribution in [0.25, 0.3) is 6.08 Å². The molecule has 1 N–H and O–H groups in total. The standard InChI is InChI=1S/C23H38O/c1-2-3-4-5-6-7-8-9-10-11-12-13-14-15-16-19-22-20-17-18-21-23(22)24/h16-21,24H,2-15H2,1H3/b19-16+. The van der Waals surface area contributed by atoms with Gasteiger partial charge in [0, 0.05) is 5.56 Å². The Morgan fingerprint density at radius 2 is 1.21 bits per heavy atom. The molecule has 0 saturated carbocycles. The quantitative estimate of drug-likeness (QED) is 0.324. The fourth-order valence-electron chi connectivity index (χ4n) is 3.12. The van der Waals surface area contributed by atoms with Gasteiger partial charge in [0.05, 0.1) is 0 Å². The van der Waals surface area contributed by atoms with Crippen LogP contribution in [0.5, 0.6) is 5.75 Å². The Labute approximate surface area is 150 Å². The van der Waals surface area contributed by atoms with Crippen LogP contribution >= 0.6 is 0 Å². The van der Waals surface area contributed by atoms with Crippen molar-refractivity contribution in [3.8, 4) is 5.75 Å². The second kappa shape index (κ2) is 15.3. The number of hydrogen-bond acceptors (Lipinski definition) is 1. The molecule has 136 valence electrons. The molecule has 1 nitrogen and oxygen atoms in total. The Morgan fingerprint density at radius 3 is 1.75 bits per heavy atom. The van der Waals surface area contributed by atoms with Crippen LogP contribution in [0, 0.1) is 0 Å². The van der Waals surface area contributed by atoms with Crippen molar-refractivity contribution in [3.63, 3.8) is 0 Å². The van der Waals surface area contributed by atoms with Gasteiger partial charge in [-0.3, -0.25) is 0 Å². The minimum Gasteiger partial charge on any atom is -0.507 e. The number of allylic oxidation sites excluding steroid dienone is 1. The van der Waals surface area contributed by atoms with Gasteiger partial charge in [0.1, 0.15) is 5.75 Å². The third-order valence-corrected chi connectivity index (χ3v) is 4.71. The summed E-state index contributed by atoms with van der Waals surface area (Å²) in [6.45, 7) is 2.28. The Morgan fingerprint density at radius 1 is 0.708 bits per heavy atom. The van der Waals surface area contributed by atoms with E-state index < -0.39 is 0 Å². The van der Waals surface area contributed by atoms with E-state index in [0.29, 0.717) is 5.75 Å². The van der Waals surface area contributed by atoms with Gasteiger partial charge in [-0.25, -0.2) is 0 Å². The molecule has 24 heavy (non-hydrogen) atoms. The maximum atomic E-state index is 9.67. The summed E-state index contributed by atoms with van der Waals surface area (Å²) in [5, 5.41) is 9.67. The smallest absolute Gasteiger partial charge is 0.122 e. The lowest BCUT2D eigenvalue weighted by atomic mass is 10.0. The highest BCUT2D eigenvalue weighted by Gasteiger charge is 1.95. The van der Waals surface area contributed by atoms with Crippen LogP contribution < -0.4 is 0 Å². The fourth-order valence-corrected chi connectivity index (χ4v) is 3.12. The van der Waals surface area contributed by atoms with Gasteiger partial charge in [-0.15, -0.1) is 0 Å². The summed E-state index contributed by atoms with van der Waals surface area (Å²) < 4.78 is 0. The normalized spacial score (nSPS) is 11.4. The largest absolute Gasteiger partial charge is 0.507 e. The monoisotopic (exact) mass is 330 g/mol. The van der Waals surface area contributed by atoms with E-state index in [4.69, 9.17) is 0 Å². The van der Waals surface area contributed by atoms with Crippen LogP contribution in [-0.4, -0.2) is 5.11 Å². The third-order valence-electron chi connectivity index (χ3n) is 4.71. The molecule has 0 radical (unpaired) electrons. The number of unbranched alkanes of at least 4 members (excludes halogenated alkanes) is 13. The molecular weight excluding hydrogens is 292 g/mol. The molecule has 1 aromatic carbocycles. The lowest BCUT2D eigenvalue weighted by Gasteiger charge is -2.02. The first kappa shape index (κ1) is 20.8. The molecule has 1 rings (SSSR count). The maximum absolute atomic E-state index is 9.67. The van der Waals surface area contributed by atoms with Gasteiger partial charge in [-0.2, -0.15) is 0 Å². The van der Waals surface area contributed by atoms with Crippen LogP contribution in [0.2, 0.25) is 0 Å². The fraction of sp³-hybridized carbons (Fsp3) is 0.652. The van der Waals surface area contributed by atoms with Crippen molar-refractivity contribution < 1.29 is 5.11 Å². The minimum absolute atomic E-state index is 0.374. The number of aromatic hydroxyl groups is 1. The van der Waals surface area contributed by atoms with E-state index in [1.165, 1.54) is 83.5 Å². The highest BCUT2D eigenvalue weighted by atomic mass is 16.3. The maximum Gasteiger partial charge on any atom is 0.122 e. The molecule has 0 heterocycles. The van der Waals surface area contributed by atoms with Crippen LogP contribution in [0.15, 0.2) is 30.3 Å². The van der Waals surface area contributed by atoms with E-state index in [2.05, 4.69) is 13.0 Å². The van der Waals surface area contributed by atoms with Crippen molar-refractivity contribution in [2.24, 2.45) is 0 Å². The zero-order valence-corrected chi connectivity index (χ0v) is 15.8. The lowest BCUT2D eigenvalue weighted by Crippen LogP contribution is -1.82. The van der Waals surface area contributed by atoms with E-state index in [-0.39, 0.29) is 0 Å². The minimum atomic E-state index is 0.374. The van der Waals surface area contributed by atoms with Crippen molar-refractivity contribution in [3.05, 3.63) is 35.9 Å².